The Morgan fingerprint density at radius 3 is 2.76 bits per heavy atom. The van der Waals surface area contributed by atoms with Crippen LogP contribution in [-0.2, 0) is 4.79 Å². The smallest absolute Gasteiger partial charge is 0.219 e. The van der Waals surface area contributed by atoms with E-state index in [2.05, 4.69) is 5.32 Å². The average molecular weight is 235 g/mol. The fourth-order valence-electron chi connectivity index (χ4n) is 1.35. The molecule has 0 aliphatic rings. The third-order valence-electron chi connectivity index (χ3n) is 2.34. The number of hydrogen-bond donors (Lipinski definition) is 1. The minimum atomic E-state index is 0.00564. The van der Waals surface area contributed by atoms with Crippen LogP contribution in [0.3, 0.4) is 0 Å². The number of carbonyl (C=O) groups is 2. The van der Waals surface area contributed by atoms with E-state index in [0.29, 0.717) is 30.8 Å². The first-order valence-electron chi connectivity index (χ1n) is 5.58. The lowest BCUT2D eigenvalue weighted by molar-refractivity contribution is -0.120. The first-order chi connectivity index (χ1) is 8.13. The zero-order valence-corrected chi connectivity index (χ0v) is 10.2. The highest BCUT2D eigenvalue weighted by atomic mass is 16.5. The quantitative estimate of drug-likeness (QED) is 0.604. The fourth-order valence-corrected chi connectivity index (χ4v) is 1.35. The van der Waals surface area contributed by atoms with Crippen molar-refractivity contribution < 1.29 is 14.3 Å². The van der Waals surface area contributed by atoms with Gasteiger partial charge in [-0.05, 0) is 25.5 Å². The van der Waals surface area contributed by atoms with Gasteiger partial charge < -0.3 is 10.1 Å². The van der Waals surface area contributed by atoms with Gasteiger partial charge >= 0.3 is 0 Å². The molecule has 1 amide bonds. The summed E-state index contributed by atoms with van der Waals surface area (Å²) in [7, 11) is 1.61. The van der Waals surface area contributed by atoms with Crippen molar-refractivity contribution in [2.45, 2.75) is 19.8 Å². The highest BCUT2D eigenvalue weighted by Crippen LogP contribution is 2.14. The van der Waals surface area contributed by atoms with Crippen molar-refractivity contribution in [1.82, 2.24) is 5.32 Å². The topological polar surface area (TPSA) is 55.4 Å². The standard InChI is InChI=1S/C13H17NO3/c1-10(15)11-5-3-6-12(9-11)17-8-4-7-13(16)14-2/h3,5-6,9H,4,7-8H2,1-2H3,(H,14,16). The first kappa shape index (κ1) is 13.2. The van der Waals surface area contributed by atoms with Crippen LogP contribution in [-0.4, -0.2) is 25.3 Å². The molecule has 1 aromatic rings. The number of nitrogens with one attached hydrogen (secondary N) is 1. The number of carbonyl (C=O) groups excluding carboxylic acids is 2. The Morgan fingerprint density at radius 2 is 2.12 bits per heavy atom. The van der Waals surface area contributed by atoms with Crippen molar-refractivity contribution in [3.05, 3.63) is 29.8 Å². The van der Waals surface area contributed by atoms with E-state index >= 15 is 0 Å². The third kappa shape index (κ3) is 4.68. The van der Waals surface area contributed by atoms with Crippen LogP contribution >= 0.6 is 0 Å². The summed E-state index contributed by atoms with van der Waals surface area (Å²) in [6.07, 6.45) is 1.10. The molecule has 0 aliphatic heterocycles. The Morgan fingerprint density at radius 1 is 1.35 bits per heavy atom. The number of hydrogen-bond acceptors (Lipinski definition) is 3. The summed E-state index contributed by atoms with van der Waals surface area (Å²) in [5.41, 5.74) is 0.633. The van der Waals surface area contributed by atoms with Crippen LogP contribution in [0.15, 0.2) is 24.3 Å². The van der Waals surface area contributed by atoms with Crippen LogP contribution in [0.1, 0.15) is 30.1 Å². The molecule has 0 fully saturated rings. The molecule has 0 aliphatic carbocycles. The molecule has 4 heteroatoms. The second-order valence-corrected chi connectivity index (χ2v) is 3.71. The normalized spacial score (nSPS) is 9.76. The molecule has 0 saturated heterocycles. The zero-order chi connectivity index (χ0) is 12.7. The summed E-state index contributed by atoms with van der Waals surface area (Å²) >= 11 is 0. The van der Waals surface area contributed by atoms with Gasteiger partial charge in [-0.3, -0.25) is 9.59 Å². The molecule has 0 unspecified atom stereocenters. The summed E-state index contributed by atoms with van der Waals surface area (Å²) in [5, 5.41) is 2.55. The van der Waals surface area contributed by atoms with Gasteiger partial charge in [-0.1, -0.05) is 12.1 Å². The van der Waals surface area contributed by atoms with E-state index in [1.54, 1.807) is 31.3 Å². The van der Waals surface area contributed by atoms with Gasteiger partial charge in [-0.15, -0.1) is 0 Å². The van der Waals surface area contributed by atoms with Crippen molar-refractivity contribution in [3.63, 3.8) is 0 Å². The number of Topliss-reactive ketones (excluding diaryl/α,β-unsaturated/α-hetero) is 1. The van der Waals surface area contributed by atoms with Gasteiger partial charge in [0.1, 0.15) is 5.75 Å². The van der Waals surface area contributed by atoms with Crippen molar-refractivity contribution in [2.24, 2.45) is 0 Å². The van der Waals surface area contributed by atoms with Crippen molar-refractivity contribution in [3.8, 4) is 5.75 Å². The van der Waals surface area contributed by atoms with Crippen LogP contribution in [0, 0.1) is 0 Å². The van der Waals surface area contributed by atoms with Crippen LogP contribution < -0.4 is 10.1 Å². The van der Waals surface area contributed by atoms with Gasteiger partial charge in [0.05, 0.1) is 6.61 Å². The molecule has 0 atom stereocenters. The second-order valence-electron chi connectivity index (χ2n) is 3.71. The van der Waals surface area contributed by atoms with E-state index in [9.17, 15) is 9.59 Å². The Labute approximate surface area is 101 Å². The van der Waals surface area contributed by atoms with Crippen LogP contribution in [0.25, 0.3) is 0 Å². The molecule has 0 aromatic heterocycles. The highest BCUT2D eigenvalue weighted by Gasteiger charge is 2.02. The monoisotopic (exact) mass is 235 g/mol. The predicted octanol–water partition coefficient (Wildman–Crippen LogP) is 1.79. The molecule has 1 N–H and O–H groups in total. The molecule has 0 spiro atoms. The first-order valence-corrected chi connectivity index (χ1v) is 5.58. The molecule has 0 saturated carbocycles. The number of benzene rings is 1. The number of ketones is 1. The van der Waals surface area contributed by atoms with Gasteiger partial charge in [-0.25, -0.2) is 0 Å². The summed E-state index contributed by atoms with van der Waals surface area (Å²) < 4.78 is 5.46. The lowest BCUT2D eigenvalue weighted by Crippen LogP contribution is -2.18. The van der Waals surface area contributed by atoms with E-state index in [1.807, 2.05) is 0 Å². The number of rotatable bonds is 6. The minimum Gasteiger partial charge on any atom is -0.494 e. The summed E-state index contributed by atoms with van der Waals surface area (Å²) in [6, 6.07) is 7.04. The minimum absolute atomic E-state index is 0.00564. The maximum atomic E-state index is 11.1. The predicted molar refractivity (Wildman–Crippen MR) is 65.2 cm³/mol. The van der Waals surface area contributed by atoms with Crippen molar-refractivity contribution in [2.75, 3.05) is 13.7 Å². The van der Waals surface area contributed by atoms with Crippen LogP contribution in [0.5, 0.6) is 5.75 Å². The second kappa shape index (κ2) is 6.68. The summed E-state index contributed by atoms with van der Waals surface area (Å²) in [4.78, 5) is 22.1. The molecule has 4 nitrogen and oxygen atoms in total. The largest absolute Gasteiger partial charge is 0.494 e. The number of amides is 1. The molecule has 17 heavy (non-hydrogen) atoms. The summed E-state index contributed by atoms with van der Waals surface area (Å²) in [5.74, 6) is 0.682. The maximum absolute atomic E-state index is 11.1. The molecule has 0 bridgehead atoms. The lowest BCUT2D eigenvalue weighted by Gasteiger charge is -2.06. The molecular formula is C13H17NO3. The molecular weight excluding hydrogens is 218 g/mol. The Hall–Kier alpha value is -1.84. The van der Waals surface area contributed by atoms with Crippen LogP contribution in [0.4, 0.5) is 0 Å². The Bertz CT molecular complexity index is 401. The average Bonchev–Trinajstić information content (AvgIpc) is 2.34. The SMILES string of the molecule is CNC(=O)CCCOc1cccc(C(C)=O)c1. The van der Waals surface area contributed by atoms with E-state index in [-0.39, 0.29) is 11.7 Å². The van der Waals surface area contributed by atoms with Gasteiger partial charge in [0.15, 0.2) is 5.78 Å². The van der Waals surface area contributed by atoms with Gasteiger partial charge in [0, 0.05) is 19.0 Å². The van der Waals surface area contributed by atoms with E-state index < -0.39 is 0 Å². The maximum Gasteiger partial charge on any atom is 0.219 e. The van der Waals surface area contributed by atoms with Crippen LogP contribution in [0.2, 0.25) is 0 Å². The van der Waals surface area contributed by atoms with Crippen molar-refractivity contribution in [1.29, 1.82) is 0 Å². The lowest BCUT2D eigenvalue weighted by atomic mass is 10.1. The molecule has 0 radical (unpaired) electrons. The van der Waals surface area contributed by atoms with Gasteiger partial charge in [-0.2, -0.15) is 0 Å². The highest BCUT2D eigenvalue weighted by molar-refractivity contribution is 5.94. The summed E-state index contributed by atoms with van der Waals surface area (Å²) in [6.45, 7) is 1.99. The Balaban J connectivity index is 2.39. The zero-order valence-electron chi connectivity index (χ0n) is 10.2. The van der Waals surface area contributed by atoms with E-state index in [0.717, 1.165) is 0 Å². The van der Waals surface area contributed by atoms with Crippen molar-refractivity contribution >= 4 is 11.7 Å². The fraction of sp³-hybridized carbons (Fsp3) is 0.385. The molecule has 0 heterocycles. The van der Waals surface area contributed by atoms with Gasteiger partial charge in [0.2, 0.25) is 5.91 Å². The van der Waals surface area contributed by atoms with E-state index in [1.165, 1.54) is 6.92 Å². The molecule has 92 valence electrons. The Kier molecular flexibility index (Phi) is 5.20. The van der Waals surface area contributed by atoms with E-state index in [4.69, 9.17) is 4.74 Å². The third-order valence-corrected chi connectivity index (χ3v) is 2.34. The number of ether oxygens (including phenoxy) is 1. The molecule has 1 aromatic carbocycles. The van der Waals surface area contributed by atoms with Gasteiger partial charge in [0.25, 0.3) is 0 Å². The molecule has 1 rings (SSSR count).